The number of aromatic nitrogens is 1. The Balaban J connectivity index is 0. The Kier molecular flexibility index (Phi) is 1.86. The molecule has 0 aliphatic heterocycles. The van der Waals surface area contributed by atoms with Gasteiger partial charge in [0.1, 0.15) is 5.00 Å². The van der Waals surface area contributed by atoms with Crippen LogP contribution in [0.5, 0.6) is 0 Å². The Bertz CT molecular complexity index is 253. The van der Waals surface area contributed by atoms with Gasteiger partial charge in [-0.3, -0.25) is 5.32 Å². The fourth-order valence-corrected chi connectivity index (χ4v) is 1.21. The molecule has 0 atom stereocenters. The van der Waals surface area contributed by atoms with Gasteiger partial charge in [0.25, 0.3) is 0 Å². The van der Waals surface area contributed by atoms with Gasteiger partial charge in [0.15, 0.2) is 0 Å². The molecule has 10 heavy (non-hydrogen) atoms. The van der Waals surface area contributed by atoms with E-state index >= 15 is 0 Å². The fraction of sp³-hybridized carbons (Fsp3) is 0.200. The Morgan fingerprint density at radius 2 is 2.70 bits per heavy atom. The molecule has 0 radical (unpaired) electrons. The quantitative estimate of drug-likeness (QED) is 0.654. The third kappa shape index (κ3) is 1.70. The molecule has 0 fully saturated rings. The highest BCUT2D eigenvalue weighted by Gasteiger charge is 1.98. The summed E-state index contributed by atoms with van der Waals surface area (Å²) in [5.74, 6) is 0. The highest BCUT2D eigenvalue weighted by atomic mass is 32.1. The molecule has 0 aliphatic rings. The average molecular weight is 161 g/mol. The van der Waals surface area contributed by atoms with Crippen LogP contribution in [0.25, 0.3) is 0 Å². The maximum atomic E-state index is 10.3. The van der Waals surface area contributed by atoms with Crippen LogP contribution in [0.15, 0.2) is 6.07 Å². The predicted molar refractivity (Wildman–Crippen MR) is 44.3 cm³/mol. The van der Waals surface area contributed by atoms with E-state index in [2.05, 4.69) is 9.69 Å². The maximum Gasteiger partial charge on any atom is 0.317 e. The molecular formula is C5H11N3OS. The molecule has 1 aromatic heterocycles. The average Bonchev–Trinajstić information content (AvgIpc) is 2.13. The fourth-order valence-electron chi connectivity index (χ4n) is 0.544. The zero-order valence-electron chi connectivity index (χ0n) is 5.42. The van der Waals surface area contributed by atoms with Gasteiger partial charge in [0.05, 0.1) is 5.69 Å². The van der Waals surface area contributed by atoms with E-state index in [1.54, 1.807) is 6.07 Å². The molecule has 0 spiro atoms. The minimum atomic E-state index is -0.552. The van der Waals surface area contributed by atoms with Crippen molar-refractivity contribution in [3.8, 4) is 0 Å². The number of aryl methyl sites for hydroxylation is 1. The van der Waals surface area contributed by atoms with Gasteiger partial charge in [-0.1, -0.05) is 0 Å². The Morgan fingerprint density at radius 3 is 3.10 bits per heavy atom. The molecule has 0 aliphatic carbocycles. The minimum Gasteiger partial charge on any atom is -0.351 e. The number of primary amides is 1. The van der Waals surface area contributed by atoms with Gasteiger partial charge < -0.3 is 5.73 Å². The van der Waals surface area contributed by atoms with Crippen LogP contribution in [0.1, 0.15) is 8.55 Å². The Labute approximate surface area is 65.2 Å². The second-order valence-electron chi connectivity index (χ2n) is 1.82. The summed E-state index contributed by atoms with van der Waals surface area (Å²) >= 11 is 1.22. The number of nitrogens with two attached hydrogens (primary N) is 1. The molecule has 58 valence electrons. The molecule has 0 aromatic carbocycles. The van der Waals surface area contributed by atoms with Crippen molar-refractivity contribution in [2.75, 3.05) is 5.32 Å². The Morgan fingerprint density at radius 1 is 2.00 bits per heavy atom. The van der Waals surface area contributed by atoms with E-state index in [0.717, 1.165) is 5.69 Å². The summed E-state index contributed by atoms with van der Waals surface area (Å²) < 4.78 is 3.94. The molecule has 0 bridgehead atoms. The molecular weight excluding hydrogens is 150 g/mol. The lowest BCUT2D eigenvalue weighted by Crippen LogP contribution is -2.18. The molecule has 4 nitrogen and oxygen atoms in total. The van der Waals surface area contributed by atoms with Gasteiger partial charge >= 0.3 is 6.03 Å². The van der Waals surface area contributed by atoms with E-state index in [0.29, 0.717) is 5.00 Å². The summed E-state index contributed by atoms with van der Waals surface area (Å²) in [4.78, 5) is 10.3. The largest absolute Gasteiger partial charge is 0.351 e. The molecule has 1 heterocycles. The van der Waals surface area contributed by atoms with Crippen LogP contribution in [0, 0.1) is 6.92 Å². The summed E-state index contributed by atoms with van der Waals surface area (Å²) in [6, 6.07) is 1.21. The molecule has 2 amide bonds. The van der Waals surface area contributed by atoms with Gasteiger partial charge in [-0.15, -0.1) is 0 Å². The molecule has 5 heteroatoms. The molecule has 0 saturated carbocycles. The topological polar surface area (TPSA) is 68.0 Å². The number of hydrogen-bond donors (Lipinski definition) is 2. The number of carbonyl (C=O) groups excluding carboxylic acids is 1. The number of anilines is 1. The van der Waals surface area contributed by atoms with Crippen LogP contribution in [0.4, 0.5) is 9.80 Å². The zero-order chi connectivity index (χ0) is 7.56. The molecule has 0 saturated heterocycles. The van der Waals surface area contributed by atoms with Crippen LogP contribution < -0.4 is 11.1 Å². The van der Waals surface area contributed by atoms with Crippen molar-refractivity contribution in [2.24, 2.45) is 5.73 Å². The van der Waals surface area contributed by atoms with E-state index in [4.69, 9.17) is 5.73 Å². The van der Waals surface area contributed by atoms with Crippen LogP contribution >= 0.6 is 11.5 Å². The van der Waals surface area contributed by atoms with Gasteiger partial charge in [0, 0.05) is 2.85 Å². The number of nitrogens with one attached hydrogen (secondary N) is 1. The van der Waals surface area contributed by atoms with Crippen molar-refractivity contribution in [3.05, 3.63) is 11.8 Å². The SMILES string of the molecule is Cc1cc(NC(N)=O)sn1.[HH].[HH]. The summed E-state index contributed by atoms with van der Waals surface area (Å²) in [7, 11) is 0. The number of urea groups is 1. The molecule has 1 rings (SSSR count). The van der Waals surface area contributed by atoms with E-state index in [1.165, 1.54) is 11.5 Å². The maximum absolute atomic E-state index is 10.3. The second-order valence-corrected chi connectivity index (χ2v) is 2.63. The van der Waals surface area contributed by atoms with E-state index in [9.17, 15) is 4.79 Å². The summed E-state index contributed by atoms with van der Waals surface area (Å²) in [6.07, 6.45) is 0. The lowest BCUT2D eigenvalue weighted by atomic mass is 10.5. The third-order valence-electron chi connectivity index (χ3n) is 0.874. The number of nitrogens with zero attached hydrogens (tertiary/aromatic N) is 1. The van der Waals surface area contributed by atoms with Crippen LogP contribution in [0.2, 0.25) is 0 Å². The van der Waals surface area contributed by atoms with Crippen molar-refractivity contribution in [3.63, 3.8) is 0 Å². The molecule has 3 N–H and O–H groups in total. The number of amides is 2. The third-order valence-corrected chi connectivity index (χ3v) is 1.67. The summed E-state index contributed by atoms with van der Waals surface area (Å²) in [5.41, 5.74) is 5.75. The highest BCUT2D eigenvalue weighted by molar-refractivity contribution is 7.10. The van der Waals surface area contributed by atoms with Crippen molar-refractivity contribution >= 4 is 22.6 Å². The summed E-state index contributed by atoms with van der Waals surface area (Å²) in [5, 5.41) is 3.11. The van der Waals surface area contributed by atoms with E-state index in [1.807, 2.05) is 6.92 Å². The Hall–Kier alpha value is -1.10. The van der Waals surface area contributed by atoms with Gasteiger partial charge in [0.2, 0.25) is 0 Å². The van der Waals surface area contributed by atoms with Crippen molar-refractivity contribution in [2.45, 2.75) is 6.92 Å². The summed E-state index contributed by atoms with van der Waals surface area (Å²) in [6.45, 7) is 1.85. The van der Waals surface area contributed by atoms with Crippen molar-refractivity contribution in [1.82, 2.24) is 4.37 Å². The first-order valence-electron chi connectivity index (χ1n) is 2.68. The predicted octanol–water partition coefficient (Wildman–Crippen LogP) is 1.43. The first kappa shape index (κ1) is 7.01. The van der Waals surface area contributed by atoms with Crippen molar-refractivity contribution in [1.29, 1.82) is 0 Å². The number of hydrogen-bond acceptors (Lipinski definition) is 3. The normalized spacial score (nSPS) is 9.30. The smallest absolute Gasteiger partial charge is 0.317 e. The van der Waals surface area contributed by atoms with Crippen LogP contribution in [0.3, 0.4) is 0 Å². The first-order valence-corrected chi connectivity index (χ1v) is 3.45. The number of rotatable bonds is 1. The first-order chi connectivity index (χ1) is 4.68. The van der Waals surface area contributed by atoms with Crippen LogP contribution in [-0.4, -0.2) is 10.4 Å². The minimum absolute atomic E-state index is 0. The molecule has 0 unspecified atom stereocenters. The van der Waals surface area contributed by atoms with Crippen molar-refractivity contribution < 1.29 is 7.65 Å². The lowest BCUT2D eigenvalue weighted by Gasteiger charge is -1.91. The standard InChI is InChI=1S/C5H7N3OS.2H2/c1-3-2-4(10-8-3)7-5(6)9;;/h2H,1H3,(H3,6,7,9);2*1H. The van der Waals surface area contributed by atoms with Gasteiger partial charge in [-0.2, -0.15) is 4.37 Å². The zero-order valence-corrected chi connectivity index (χ0v) is 6.23. The van der Waals surface area contributed by atoms with E-state index in [-0.39, 0.29) is 2.85 Å². The lowest BCUT2D eigenvalue weighted by molar-refractivity contribution is 0.259. The van der Waals surface area contributed by atoms with Crippen LogP contribution in [-0.2, 0) is 0 Å². The number of carbonyl (C=O) groups is 1. The van der Waals surface area contributed by atoms with Gasteiger partial charge in [-0.25, -0.2) is 4.79 Å². The van der Waals surface area contributed by atoms with E-state index < -0.39 is 6.03 Å². The monoisotopic (exact) mass is 161 g/mol. The van der Waals surface area contributed by atoms with Gasteiger partial charge in [-0.05, 0) is 24.5 Å². The molecule has 1 aromatic rings. The highest BCUT2D eigenvalue weighted by Crippen LogP contribution is 2.14. The second kappa shape index (κ2) is 2.66.